The lowest BCUT2D eigenvalue weighted by molar-refractivity contribution is -0.122. The number of nitrogens with zero attached hydrogens (tertiary/aromatic N) is 5. The van der Waals surface area contributed by atoms with Crippen molar-refractivity contribution in [3.63, 3.8) is 0 Å². The SMILES string of the molecule is O=C1CCN(N2C(=O)c3ccc(CN4CCC(c5ncnc6scc(-c7ccccc7)c56)CC4)cc3C2=O)C(=O)N1. The second-order valence-electron chi connectivity index (χ2n) is 10.5. The van der Waals surface area contributed by atoms with Crippen LogP contribution in [-0.2, 0) is 11.3 Å². The number of likely N-dealkylation sites (tertiary alicyclic amines) is 1. The van der Waals surface area contributed by atoms with Gasteiger partial charge in [0, 0.05) is 35.2 Å². The lowest BCUT2D eigenvalue weighted by Gasteiger charge is -2.32. The molecule has 0 unspecified atom stereocenters. The summed E-state index contributed by atoms with van der Waals surface area (Å²) in [6.07, 6.45) is 3.61. The van der Waals surface area contributed by atoms with E-state index in [9.17, 15) is 19.2 Å². The minimum atomic E-state index is -0.766. The number of urea groups is 1. The molecule has 3 aliphatic heterocycles. The Morgan fingerprint density at radius 3 is 2.44 bits per heavy atom. The Bertz CT molecular complexity index is 1710. The molecule has 0 atom stereocenters. The van der Waals surface area contributed by atoms with E-state index < -0.39 is 23.8 Å². The summed E-state index contributed by atoms with van der Waals surface area (Å²) in [5.41, 5.74) is 4.94. The van der Waals surface area contributed by atoms with E-state index in [2.05, 4.69) is 32.7 Å². The normalized spacial score (nSPS) is 18.3. The summed E-state index contributed by atoms with van der Waals surface area (Å²) in [6.45, 7) is 2.37. The molecule has 0 spiro atoms. The third-order valence-corrected chi connectivity index (χ3v) is 8.95. The van der Waals surface area contributed by atoms with Gasteiger partial charge in [-0.05, 0) is 49.2 Å². The number of nitrogens with one attached hydrogen (secondary N) is 1. The van der Waals surface area contributed by atoms with Gasteiger partial charge in [-0.2, -0.15) is 5.01 Å². The molecular formula is C30H26N6O4S. The standard InChI is InChI=1S/C30H26N6O4S/c37-24-10-13-35(30(40)33-24)36-28(38)21-7-6-18(14-22(21)29(36)39)15-34-11-8-20(9-12-34)26-25-23(19-4-2-1-3-5-19)16-41-27(25)32-17-31-26/h1-7,14,16-17,20H,8-13,15H2,(H,33,37,40). The van der Waals surface area contributed by atoms with Crippen LogP contribution >= 0.6 is 11.3 Å². The number of amides is 5. The zero-order valence-corrected chi connectivity index (χ0v) is 22.9. The number of aromatic nitrogens is 2. The number of hydrogen-bond acceptors (Lipinski definition) is 8. The number of fused-ring (bicyclic) bond motifs is 2. The van der Waals surface area contributed by atoms with Crippen molar-refractivity contribution in [1.29, 1.82) is 0 Å². The summed E-state index contributed by atoms with van der Waals surface area (Å²) in [4.78, 5) is 62.6. The Morgan fingerprint density at radius 1 is 0.878 bits per heavy atom. The summed E-state index contributed by atoms with van der Waals surface area (Å²) in [6, 6.07) is 14.9. The van der Waals surface area contributed by atoms with Crippen LogP contribution in [-0.4, -0.2) is 68.3 Å². The first kappa shape index (κ1) is 25.5. The van der Waals surface area contributed by atoms with Crippen molar-refractivity contribution in [3.8, 4) is 11.1 Å². The van der Waals surface area contributed by atoms with Crippen molar-refractivity contribution in [2.75, 3.05) is 19.6 Å². The van der Waals surface area contributed by atoms with Gasteiger partial charge in [-0.15, -0.1) is 11.3 Å². The maximum Gasteiger partial charge on any atom is 0.343 e. The van der Waals surface area contributed by atoms with Crippen LogP contribution in [0.2, 0.25) is 0 Å². The number of hydrogen-bond donors (Lipinski definition) is 1. The summed E-state index contributed by atoms with van der Waals surface area (Å²) < 4.78 is 0. The molecule has 2 aromatic carbocycles. The van der Waals surface area contributed by atoms with Gasteiger partial charge < -0.3 is 0 Å². The van der Waals surface area contributed by atoms with Crippen LogP contribution < -0.4 is 5.32 Å². The topological polar surface area (TPSA) is 116 Å². The Labute approximate surface area is 239 Å². The van der Waals surface area contributed by atoms with Crippen molar-refractivity contribution in [3.05, 3.63) is 82.6 Å². The van der Waals surface area contributed by atoms with Crippen LogP contribution in [0.5, 0.6) is 0 Å². The highest BCUT2D eigenvalue weighted by Gasteiger charge is 2.43. The van der Waals surface area contributed by atoms with Crippen molar-refractivity contribution in [1.82, 2.24) is 30.2 Å². The highest BCUT2D eigenvalue weighted by Crippen LogP contribution is 2.39. The minimum Gasteiger partial charge on any atom is -0.299 e. The molecule has 10 nitrogen and oxygen atoms in total. The van der Waals surface area contributed by atoms with Crippen LogP contribution in [0, 0.1) is 0 Å². The Morgan fingerprint density at radius 2 is 1.66 bits per heavy atom. The Hall–Kier alpha value is -4.48. The summed E-state index contributed by atoms with van der Waals surface area (Å²) in [5, 5.41) is 7.34. The van der Waals surface area contributed by atoms with E-state index in [4.69, 9.17) is 4.98 Å². The number of rotatable bonds is 5. The maximum absolute atomic E-state index is 13.2. The highest BCUT2D eigenvalue weighted by molar-refractivity contribution is 7.17. The lowest BCUT2D eigenvalue weighted by Crippen LogP contribution is -2.58. The second kappa shape index (κ2) is 10.2. The molecule has 1 N–H and O–H groups in total. The monoisotopic (exact) mass is 566 g/mol. The molecule has 5 heterocycles. The molecule has 4 aromatic rings. The van der Waals surface area contributed by atoms with Gasteiger partial charge in [0.15, 0.2) is 0 Å². The van der Waals surface area contributed by atoms with E-state index in [1.807, 2.05) is 24.3 Å². The summed E-state index contributed by atoms with van der Waals surface area (Å²) >= 11 is 1.65. The van der Waals surface area contributed by atoms with Crippen LogP contribution in [0.3, 0.4) is 0 Å². The van der Waals surface area contributed by atoms with Gasteiger partial charge in [-0.3, -0.25) is 24.6 Å². The second-order valence-corrected chi connectivity index (χ2v) is 11.4. The quantitative estimate of drug-likeness (QED) is 0.360. The largest absolute Gasteiger partial charge is 0.343 e. The smallest absolute Gasteiger partial charge is 0.299 e. The number of carbonyl (C=O) groups excluding carboxylic acids is 4. The predicted molar refractivity (Wildman–Crippen MR) is 152 cm³/mol. The van der Waals surface area contributed by atoms with Crippen LogP contribution in [0.15, 0.2) is 60.2 Å². The van der Waals surface area contributed by atoms with Gasteiger partial charge in [0.05, 0.1) is 23.4 Å². The molecule has 0 bridgehead atoms. The molecule has 11 heteroatoms. The Kier molecular flexibility index (Phi) is 6.32. The first-order valence-corrected chi connectivity index (χ1v) is 14.5. The van der Waals surface area contributed by atoms with E-state index in [0.29, 0.717) is 12.5 Å². The summed E-state index contributed by atoms with van der Waals surface area (Å²) in [5.74, 6) is -1.21. The molecule has 3 aliphatic rings. The van der Waals surface area contributed by atoms with Gasteiger partial charge in [0.25, 0.3) is 11.8 Å². The fraction of sp³-hybridized carbons (Fsp3) is 0.267. The van der Waals surface area contributed by atoms with Crippen LogP contribution in [0.25, 0.3) is 21.3 Å². The first-order valence-electron chi connectivity index (χ1n) is 13.6. The molecular weight excluding hydrogens is 540 g/mol. The number of benzene rings is 2. The summed E-state index contributed by atoms with van der Waals surface area (Å²) in [7, 11) is 0. The van der Waals surface area contributed by atoms with Gasteiger partial charge >= 0.3 is 6.03 Å². The zero-order chi connectivity index (χ0) is 28.1. The molecule has 0 radical (unpaired) electrons. The third-order valence-electron chi connectivity index (χ3n) is 8.07. The average molecular weight is 567 g/mol. The number of imide groups is 2. The fourth-order valence-electron chi connectivity index (χ4n) is 6.00. The lowest BCUT2D eigenvalue weighted by atomic mass is 9.90. The predicted octanol–water partition coefficient (Wildman–Crippen LogP) is 4.19. The zero-order valence-electron chi connectivity index (χ0n) is 22.1. The third kappa shape index (κ3) is 4.47. The fourth-order valence-corrected chi connectivity index (χ4v) is 6.92. The molecule has 2 aromatic heterocycles. The first-order chi connectivity index (χ1) is 20.0. The van der Waals surface area contributed by atoms with Gasteiger partial charge in [-0.25, -0.2) is 19.8 Å². The van der Waals surface area contributed by atoms with E-state index >= 15 is 0 Å². The minimum absolute atomic E-state index is 0.0190. The van der Waals surface area contributed by atoms with Crippen molar-refractivity contribution in [2.45, 2.75) is 31.7 Å². The molecule has 41 heavy (non-hydrogen) atoms. The van der Waals surface area contributed by atoms with Crippen molar-refractivity contribution < 1.29 is 19.2 Å². The number of carbonyl (C=O) groups is 4. The van der Waals surface area contributed by atoms with Crippen LogP contribution in [0.1, 0.15) is 57.2 Å². The van der Waals surface area contributed by atoms with E-state index in [1.165, 1.54) is 11.1 Å². The van der Waals surface area contributed by atoms with E-state index in [-0.39, 0.29) is 24.1 Å². The highest BCUT2D eigenvalue weighted by atomic mass is 32.1. The molecule has 0 saturated carbocycles. The van der Waals surface area contributed by atoms with Crippen molar-refractivity contribution >= 4 is 45.3 Å². The molecule has 2 fully saturated rings. The Balaban J connectivity index is 1.05. The number of hydrazine groups is 1. The van der Waals surface area contributed by atoms with Gasteiger partial charge in [0.1, 0.15) is 11.2 Å². The maximum atomic E-state index is 13.2. The van der Waals surface area contributed by atoms with Gasteiger partial charge in [0.2, 0.25) is 5.91 Å². The average Bonchev–Trinajstić information content (AvgIpc) is 3.53. The van der Waals surface area contributed by atoms with Crippen molar-refractivity contribution in [2.24, 2.45) is 0 Å². The molecule has 7 rings (SSSR count). The van der Waals surface area contributed by atoms with Crippen LogP contribution in [0.4, 0.5) is 4.79 Å². The number of piperidine rings is 1. The number of thiophene rings is 1. The molecule has 206 valence electrons. The molecule has 0 aliphatic carbocycles. The van der Waals surface area contributed by atoms with E-state index in [0.717, 1.165) is 57.4 Å². The van der Waals surface area contributed by atoms with E-state index in [1.54, 1.807) is 29.8 Å². The molecule has 2 saturated heterocycles. The van der Waals surface area contributed by atoms with Gasteiger partial charge in [-0.1, -0.05) is 36.4 Å². The molecule has 5 amide bonds.